The van der Waals surface area contributed by atoms with Crippen molar-refractivity contribution in [3.8, 4) is 0 Å². The van der Waals surface area contributed by atoms with Gasteiger partial charge in [0.05, 0.1) is 18.2 Å². The molecule has 30 heavy (non-hydrogen) atoms. The zero-order chi connectivity index (χ0) is 20.5. The summed E-state index contributed by atoms with van der Waals surface area (Å²) in [7, 11) is 2.15. The van der Waals surface area contributed by atoms with Gasteiger partial charge in [0, 0.05) is 0 Å². The van der Waals surface area contributed by atoms with Crippen molar-refractivity contribution in [1.82, 2.24) is 0 Å². The van der Waals surface area contributed by atoms with Crippen LogP contribution >= 0.6 is 0 Å². The van der Waals surface area contributed by atoms with Gasteiger partial charge >= 0.3 is 0 Å². The van der Waals surface area contributed by atoms with Gasteiger partial charge in [-0.2, -0.15) is 0 Å². The maximum absolute atomic E-state index is 13.4. The molecule has 1 aliphatic rings. The Morgan fingerprint density at radius 2 is 1.07 bits per heavy atom. The van der Waals surface area contributed by atoms with Crippen LogP contribution in [0.15, 0.2) is 96.1 Å². The molecular weight excluding hydrogens is 366 g/mol. The Balaban J connectivity index is 1.58. The number of hydrogen-bond donors (Lipinski definition) is 1. The molecule has 0 bridgehead atoms. The van der Waals surface area contributed by atoms with Gasteiger partial charge in [-0.1, -0.05) is 84.9 Å². The SMILES string of the molecule is C[NH+]1C/C(=C/c2cccc3ccccc23)C(=O)/C(=C/c2cccc3ccccc23)C1. The number of nitrogens with one attached hydrogen (secondary N) is 1. The van der Waals surface area contributed by atoms with E-state index in [1.165, 1.54) is 26.4 Å². The van der Waals surface area contributed by atoms with Crippen molar-refractivity contribution < 1.29 is 9.69 Å². The van der Waals surface area contributed by atoms with Crippen molar-refractivity contribution >= 4 is 39.5 Å². The number of likely N-dealkylation sites (tertiary alicyclic amines) is 1. The van der Waals surface area contributed by atoms with E-state index in [9.17, 15) is 4.79 Å². The first-order valence-electron chi connectivity index (χ1n) is 10.4. The fraction of sp³-hybridized carbons (Fsp3) is 0.107. The summed E-state index contributed by atoms with van der Waals surface area (Å²) >= 11 is 0. The zero-order valence-electron chi connectivity index (χ0n) is 17.1. The summed E-state index contributed by atoms with van der Waals surface area (Å²) in [6.45, 7) is 1.49. The Kier molecular flexibility index (Phi) is 4.78. The van der Waals surface area contributed by atoms with Crippen LogP contribution in [0.3, 0.4) is 0 Å². The molecular formula is C28H24NO+. The van der Waals surface area contributed by atoms with Gasteiger partial charge in [0.2, 0.25) is 0 Å². The highest BCUT2D eigenvalue weighted by Gasteiger charge is 2.27. The highest BCUT2D eigenvalue weighted by atomic mass is 16.1. The number of likely N-dealkylation sites (N-methyl/N-ethyl adjacent to an activating group) is 1. The van der Waals surface area contributed by atoms with Crippen LogP contribution in [-0.4, -0.2) is 25.9 Å². The van der Waals surface area contributed by atoms with E-state index in [2.05, 4.69) is 92.0 Å². The maximum atomic E-state index is 13.4. The molecule has 0 aromatic heterocycles. The van der Waals surface area contributed by atoms with E-state index in [0.717, 1.165) is 35.4 Å². The van der Waals surface area contributed by atoms with Gasteiger partial charge in [-0.15, -0.1) is 0 Å². The van der Waals surface area contributed by atoms with E-state index in [-0.39, 0.29) is 5.78 Å². The summed E-state index contributed by atoms with van der Waals surface area (Å²) in [5.41, 5.74) is 3.97. The van der Waals surface area contributed by atoms with Crippen molar-refractivity contribution in [2.24, 2.45) is 0 Å². The van der Waals surface area contributed by atoms with E-state index >= 15 is 0 Å². The summed E-state index contributed by atoms with van der Waals surface area (Å²) in [5, 5.41) is 4.76. The lowest BCUT2D eigenvalue weighted by Crippen LogP contribution is -3.10. The monoisotopic (exact) mass is 390 g/mol. The highest BCUT2D eigenvalue weighted by molar-refractivity contribution is 6.15. The highest BCUT2D eigenvalue weighted by Crippen LogP contribution is 2.24. The van der Waals surface area contributed by atoms with Gasteiger partial charge in [0.15, 0.2) is 5.78 Å². The summed E-state index contributed by atoms with van der Waals surface area (Å²) in [6.07, 6.45) is 4.18. The van der Waals surface area contributed by atoms with Crippen molar-refractivity contribution in [2.75, 3.05) is 20.1 Å². The molecule has 1 aliphatic heterocycles. The lowest BCUT2D eigenvalue weighted by Gasteiger charge is -2.23. The minimum Gasteiger partial charge on any atom is -0.330 e. The molecule has 4 aromatic carbocycles. The normalized spacial score (nSPS) is 19.8. The molecule has 2 nitrogen and oxygen atoms in total. The number of piperidine rings is 1. The van der Waals surface area contributed by atoms with Crippen LogP contribution < -0.4 is 4.90 Å². The van der Waals surface area contributed by atoms with Crippen molar-refractivity contribution in [2.45, 2.75) is 0 Å². The molecule has 1 atom stereocenters. The first kappa shape index (κ1) is 18.5. The minimum absolute atomic E-state index is 0.168. The third-order valence-corrected chi connectivity index (χ3v) is 5.87. The predicted octanol–water partition coefficient (Wildman–Crippen LogP) is 4.56. The summed E-state index contributed by atoms with van der Waals surface area (Å²) in [4.78, 5) is 14.7. The molecule has 5 rings (SSSR count). The molecule has 4 aromatic rings. The predicted molar refractivity (Wildman–Crippen MR) is 125 cm³/mol. The standard InChI is InChI=1S/C28H23NO/c1-29-18-24(16-22-12-6-10-20-8-2-4-14-26(20)22)28(30)25(19-29)17-23-13-7-11-21-9-3-5-15-27(21)23/h2-17H,18-19H2,1H3/p+1/b24-16-,25-17+. The third kappa shape index (κ3) is 3.47. The Morgan fingerprint density at radius 3 is 1.57 bits per heavy atom. The largest absolute Gasteiger partial charge is 0.330 e. The molecule has 1 heterocycles. The number of hydrogen-bond acceptors (Lipinski definition) is 1. The molecule has 0 amide bonds. The molecule has 1 unspecified atom stereocenters. The molecule has 0 radical (unpaired) electrons. The second-order valence-electron chi connectivity index (χ2n) is 8.12. The summed E-state index contributed by atoms with van der Waals surface area (Å²) in [5.74, 6) is 0.168. The van der Waals surface area contributed by atoms with Gasteiger partial charge in [0.25, 0.3) is 0 Å². The average molecular weight is 391 g/mol. The van der Waals surface area contributed by atoms with E-state index in [4.69, 9.17) is 0 Å². The number of fused-ring (bicyclic) bond motifs is 2. The number of Topliss-reactive ketones (excluding diaryl/α,β-unsaturated/α-hetero) is 1. The average Bonchev–Trinajstić information content (AvgIpc) is 2.77. The molecule has 146 valence electrons. The van der Waals surface area contributed by atoms with Gasteiger partial charge in [-0.3, -0.25) is 4.79 Å². The van der Waals surface area contributed by atoms with Crippen molar-refractivity contribution in [3.05, 3.63) is 107 Å². The van der Waals surface area contributed by atoms with E-state index in [1.54, 1.807) is 0 Å². The Labute approximate surface area is 176 Å². The molecule has 1 fully saturated rings. The molecule has 0 saturated carbocycles. The first-order chi connectivity index (χ1) is 14.7. The second-order valence-corrected chi connectivity index (χ2v) is 8.12. The van der Waals surface area contributed by atoms with Crippen LogP contribution in [0.4, 0.5) is 0 Å². The number of carbonyl (C=O) groups is 1. The molecule has 0 spiro atoms. The number of carbonyl (C=O) groups excluding carboxylic acids is 1. The van der Waals surface area contributed by atoms with Crippen molar-refractivity contribution in [1.29, 1.82) is 0 Å². The zero-order valence-corrected chi connectivity index (χ0v) is 17.1. The second kappa shape index (κ2) is 7.74. The van der Waals surface area contributed by atoms with E-state index in [0.29, 0.717) is 0 Å². The van der Waals surface area contributed by atoms with Crippen LogP contribution in [0.2, 0.25) is 0 Å². The van der Waals surface area contributed by atoms with E-state index < -0.39 is 0 Å². The van der Waals surface area contributed by atoms with Gasteiger partial charge in [0.1, 0.15) is 13.1 Å². The van der Waals surface area contributed by atoms with Crippen LogP contribution in [-0.2, 0) is 4.79 Å². The van der Waals surface area contributed by atoms with Crippen LogP contribution in [0.25, 0.3) is 33.7 Å². The van der Waals surface area contributed by atoms with E-state index in [1.807, 2.05) is 12.1 Å². The fourth-order valence-electron chi connectivity index (χ4n) is 4.44. The van der Waals surface area contributed by atoms with Crippen LogP contribution in [0.1, 0.15) is 11.1 Å². The summed E-state index contributed by atoms with van der Waals surface area (Å²) < 4.78 is 0. The third-order valence-electron chi connectivity index (χ3n) is 5.87. The number of benzene rings is 4. The number of rotatable bonds is 2. The van der Waals surface area contributed by atoms with Gasteiger partial charge in [-0.05, 0) is 44.8 Å². The quantitative estimate of drug-likeness (QED) is 0.498. The van der Waals surface area contributed by atoms with Crippen LogP contribution in [0, 0.1) is 0 Å². The maximum Gasteiger partial charge on any atom is 0.196 e. The fourth-order valence-corrected chi connectivity index (χ4v) is 4.44. The molecule has 2 heteroatoms. The Bertz CT molecular complexity index is 1220. The Morgan fingerprint density at radius 1 is 0.633 bits per heavy atom. The number of quaternary nitrogens is 1. The molecule has 1 saturated heterocycles. The van der Waals surface area contributed by atoms with Crippen molar-refractivity contribution in [3.63, 3.8) is 0 Å². The topological polar surface area (TPSA) is 21.5 Å². The lowest BCUT2D eigenvalue weighted by atomic mass is 9.92. The first-order valence-corrected chi connectivity index (χ1v) is 10.4. The molecule has 1 N–H and O–H groups in total. The summed E-state index contributed by atoms with van der Waals surface area (Å²) in [6, 6.07) is 29.2. The smallest absolute Gasteiger partial charge is 0.196 e. The minimum atomic E-state index is 0.168. The van der Waals surface area contributed by atoms with Crippen LogP contribution in [0.5, 0.6) is 0 Å². The van der Waals surface area contributed by atoms with Gasteiger partial charge < -0.3 is 4.90 Å². The number of ketones is 1. The lowest BCUT2D eigenvalue weighted by molar-refractivity contribution is -0.870. The Hall–Kier alpha value is -3.49. The van der Waals surface area contributed by atoms with Gasteiger partial charge in [-0.25, -0.2) is 0 Å². The molecule has 0 aliphatic carbocycles.